The summed E-state index contributed by atoms with van der Waals surface area (Å²) in [7, 11) is 4.13. The van der Waals surface area contributed by atoms with Crippen molar-refractivity contribution in [2.45, 2.75) is 31.8 Å². The monoisotopic (exact) mass is 290 g/mol. The second-order valence-corrected chi connectivity index (χ2v) is 6.33. The molecule has 0 spiro atoms. The molecule has 0 saturated carbocycles. The van der Waals surface area contributed by atoms with Gasteiger partial charge in [-0.15, -0.1) is 0 Å². The van der Waals surface area contributed by atoms with Gasteiger partial charge in [0.25, 0.3) is 0 Å². The Morgan fingerprint density at radius 1 is 1.29 bits per heavy atom. The number of carbonyl (C=O) groups excluding carboxylic acids is 1. The number of amides is 1. The summed E-state index contributed by atoms with van der Waals surface area (Å²) in [4.78, 5) is 16.7. The predicted molar refractivity (Wildman–Crippen MR) is 83.2 cm³/mol. The number of aryl methyl sites for hydroxylation is 1. The van der Waals surface area contributed by atoms with Crippen LogP contribution in [-0.2, 0) is 17.8 Å². The lowest BCUT2D eigenvalue weighted by molar-refractivity contribution is -0.133. The quantitative estimate of drug-likeness (QED) is 0.897. The van der Waals surface area contributed by atoms with Gasteiger partial charge in [0.05, 0.1) is 0 Å². The molecule has 1 atom stereocenters. The molecule has 5 nitrogen and oxygen atoms in total. The van der Waals surface area contributed by atoms with Gasteiger partial charge in [-0.25, -0.2) is 0 Å². The van der Waals surface area contributed by atoms with Gasteiger partial charge in [0.1, 0.15) is 6.54 Å². The number of fused-ring (bicyclic) bond motifs is 1. The Hall–Kier alpha value is -1.33. The molecular formula is C16H26N4O. The van der Waals surface area contributed by atoms with Gasteiger partial charge < -0.3 is 19.7 Å². The zero-order valence-electron chi connectivity index (χ0n) is 13.1. The third-order valence-electron chi connectivity index (χ3n) is 4.83. The first-order valence-electron chi connectivity index (χ1n) is 7.99. The molecule has 1 saturated heterocycles. The summed E-state index contributed by atoms with van der Waals surface area (Å²) >= 11 is 0. The third-order valence-corrected chi connectivity index (χ3v) is 4.83. The van der Waals surface area contributed by atoms with Crippen LogP contribution in [0.15, 0.2) is 12.4 Å². The average molecular weight is 290 g/mol. The molecule has 5 heteroatoms. The van der Waals surface area contributed by atoms with Crippen molar-refractivity contribution in [1.82, 2.24) is 19.7 Å². The largest absolute Gasteiger partial charge is 0.344 e. The molecule has 0 bridgehead atoms. The molecule has 116 valence electrons. The van der Waals surface area contributed by atoms with Crippen molar-refractivity contribution in [3.63, 3.8) is 0 Å². The minimum absolute atomic E-state index is 0.247. The average Bonchev–Trinajstić information content (AvgIpc) is 2.90. The fourth-order valence-corrected chi connectivity index (χ4v) is 3.45. The highest BCUT2D eigenvalue weighted by Gasteiger charge is 2.23. The van der Waals surface area contributed by atoms with Crippen molar-refractivity contribution >= 4 is 5.91 Å². The van der Waals surface area contributed by atoms with Gasteiger partial charge in [-0.3, -0.25) is 4.79 Å². The highest BCUT2D eigenvalue weighted by molar-refractivity contribution is 5.76. The van der Waals surface area contributed by atoms with Gasteiger partial charge >= 0.3 is 0 Å². The molecule has 1 aliphatic carbocycles. The molecule has 1 aromatic rings. The van der Waals surface area contributed by atoms with Crippen molar-refractivity contribution in [2.75, 3.05) is 40.3 Å². The van der Waals surface area contributed by atoms with Crippen molar-refractivity contribution < 1.29 is 4.79 Å². The summed E-state index contributed by atoms with van der Waals surface area (Å²) in [6.07, 6.45) is 7.91. The Kier molecular flexibility index (Phi) is 4.31. The maximum atomic E-state index is 12.4. The molecule has 1 aromatic heterocycles. The van der Waals surface area contributed by atoms with E-state index in [9.17, 15) is 4.79 Å². The van der Waals surface area contributed by atoms with Crippen LogP contribution in [0, 0.1) is 0 Å². The summed E-state index contributed by atoms with van der Waals surface area (Å²) in [5.41, 5.74) is 2.79. The minimum Gasteiger partial charge on any atom is -0.344 e. The zero-order valence-corrected chi connectivity index (χ0v) is 13.1. The van der Waals surface area contributed by atoms with Crippen LogP contribution in [0.1, 0.15) is 30.0 Å². The van der Waals surface area contributed by atoms with E-state index in [4.69, 9.17) is 0 Å². The Bertz CT molecular complexity index is 502. The van der Waals surface area contributed by atoms with Crippen LogP contribution in [0.3, 0.4) is 0 Å². The first-order valence-corrected chi connectivity index (χ1v) is 7.99. The molecule has 1 unspecified atom stereocenters. The fourth-order valence-electron chi connectivity index (χ4n) is 3.45. The Morgan fingerprint density at radius 2 is 2.05 bits per heavy atom. The van der Waals surface area contributed by atoms with Gasteiger partial charge in [0.2, 0.25) is 5.91 Å². The lowest BCUT2D eigenvalue weighted by Gasteiger charge is -2.32. The number of nitrogens with zero attached hydrogens (tertiary/aromatic N) is 3. The highest BCUT2D eigenvalue weighted by Crippen LogP contribution is 2.30. The topological polar surface area (TPSA) is 40.5 Å². The lowest BCUT2D eigenvalue weighted by atomic mass is 9.91. The van der Waals surface area contributed by atoms with E-state index in [-0.39, 0.29) is 5.91 Å². The molecule has 0 radical (unpaired) electrons. The molecule has 1 aliphatic heterocycles. The summed E-state index contributed by atoms with van der Waals surface area (Å²) < 4.78 is 2.08. The van der Waals surface area contributed by atoms with E-state index in [0.717, 1.165) is 32.6 Å². The highest BCUT2D eigenvalue weighted by atomic mass is 16.2. The molecule has 0 aromatic carbocycles. The Morgan fingerprint density at radius 3 is 2.76 bits per heavy atom. The molecule has 1 N–H and O–H groups in total. The van der Waals surface area contributed by atoms with Crippen molar-refractivity contribution in [2.24, 2.45) is 0 Å². The number of nitrogens with one attached hydrogen (secondary N) is 1. The summed E-state index contributed by atoms with van der Waals surface area (Å²) in [5, 5.41) is 3.38. The van der Waals surface area contributed by atoms with Crippen molar-refractivity contribution in [3.8, 4) is 0 Å². The summed E-state index contributed by atoms with van der Waals surface area (Å²) in [6.45, 7) is 4.16. The van der Waals surface area contributed by atoms with Crippen LogP contribution in [0.25, 0.3) is 0 Å². The van der Waals surface area contributed by atoms with Gasteiger partial charge in [-0.1, -0.05) is 0 Å². The Labute approximate surface area is 126 Å². The lowest BCUT2D eigenvalue weighted by Crippen LogP contribution is -2.48. The predicted octanol–water partition coefficient (Wildman–Crippen LogP) is 0.859. The number of hydrogen-bond acceptors (Lipinski definition) is 3. The van der Waals surface area contributed by atoms with E-state index >= 15 is 0 Å². The van der Waals surface area contributed by atoms with Crippen molar-refractivity contribution in [3.05, 3.63) is 23.5 Å². The molecule has 3 rings (SSSR count). The van der Waals surface area contributed by atoms with E-state index in [1.54, 1.807) is 0 Å². The molecule has 1 fully saturated rings. The zero-order chi connectivity index (χ0) is 14.8. The molecule has 2 aliphatic rings. The number of carbonyl (C=O) groups is 1. The maximum absolute atomic E-state index is 12.4. The van der Waals surface area contributed by atoms with Crippen LogP contribution < -0.4 is 5.32 Å². The summed E-state index contributed by atoms with van der Waals surface area (Å²) in [6, 6.07) is 0.453. The first-order chi connectivity index (χ1) is 10.2. The van der Waals surface area contributed by atoms with E-state index < -0.39 is 0 Å². The smallest absolute Gasteiger partial charge is 0.242 e. The third kappa shape index (κ3) is 3.14. The van der Waals surface area contributed by atoms with E-state index in [2.05, 4.69) is 34.2 Å². The van der Waals surface area contributed by atoms with Crippen molar-refractivity contribution in [1.29, 1.82) is 0 Å². The second kappa shape index (κ2) is 6.20. The minimum atomic E-state index is 0.247. The molecule has 2 heterocycles. The van der Waals surface area contributed by atoms with Crippen LogP contribution in [0.2, 0.25) is 0 Å². The maximum Gasteiger partial charge on any atom is 0.242 e. The first kappa shape index (κ1) is 14.6. The van der Waals surface area contributed by atoms with Gasteiger partial charge in [0, 0.05) is 44.6 Å². The Balaban J connectivity index is 1.65. The standard InChI is InChI=1S/C16H26N4O/c1-17-15-5-3-4-13-10-19(11-14(13)15)12-16(21)20-8-6-18(2)7-9-20/h10-11,15,17H,3-9,12H2,1-2H3. The number of likely N-dealkylation sites (N-methyl/N-ethyl adjacent to an activating group) is 1. The van der Waals surface area contributed by atoms with Gasteiger partial charge in [-0.05, 0) is 44.5 Å². The van der Waals surface area contributed by atoms with Crippen LogP contribution in [-0.4, -0.2) is 60.5 Å². The van der Waals surface area contributed by atoms with Crippen LogP contribution in [0.4, 0.5) is 0 Å². The van der Waals surface area contributed by atoms with Gasteiger partial charge in [0.15, 0.2) is 0 Å². The SMILES string of the molecule is CNC1CCCc2cn(CC(=O)N3CCN(C)CC3)cc21. The normalized spacial score (nSPS) is 23.1. The number of aromatic nitrogens is 1. The number of rotatable bonds is 3. The second-order valence-electron chi connectivity index (χ2n) is 6.33. The number of hydrogen-bond donors (Lipinski definition) is 1. The van der Waals surface area contributed by atoms with E-state index in [1.165, 1.54) is 24.0 Å². The van der Waals surface area contributed by atoms with Crippen LogP contribution in [0.5, 0.6) is 0 Å². The molecule has 1 amide bonds. The molecular weight excluding hydrogens is 264 g/mol. The summed E-state index contributed by atoms with van der Waals surface area (Å²) in [5.74, 6) is 0.247. The fraction of sp³-hybridized carbons (Fsp3) is 0.688. The van der Waals surface area contributed by atoms with Gasteiger partial charge in [-0.2, -0.15) is 0 Å². The van der Waals surface area contributed by atoms with E-state index in [0.29, 0.717) is 12.6 Å². The molecule has 21 heavy (non-hydrogen) atoms. The van der Waals surface area contributed by atoms with E-state index in [1.807, 2.05) is 11.9 Å². The van der Waals surface area contributed by atoms with Crippen LogP contribution >= 0.6 is 0 Å². The number of piperazine rings is 1.